The van der Waals surface area contributed by atoms with Gasteiger partial charge in [-0.2, -0.15) is 35.1 Å². The van der Waals surface area contributed by atoms with Gasteiger partial charge in [-0.25, -0.2) is 4.39 Å². The molecule has 0 aliphatic heterocycles. The van der Waals surface area contributed by atoms with Crippen LogP contribution in [0.1, 0.15) is 52.4 Å². The molecule has 0 spiro atoms. The van der Waals surface area contributed by atoms with Crippen molar-refractivity contribution in [2.24, 2.45) is 0 Å². The molecule has 0 heterocycles. The van der Waals surface area contributed by atoms with Gasteiger partial charge in [-0.05, 0) is 6.42 Å². The quantitative estimate of drug-likeness (QED) is 0.161. The van der Waals surface area contributed by atoms with Gasteiger partial charge >= 0.3 is 23.7 Å². The maximum absolute atomic E-state index is 14.5. The predicted octanol–water partition coefficient (Wildman–Crippen LogP) is 6.80. The van der Waals surface area contributed by atoms with E-state index in [1.807, 2.05) is 6.92 Å². The van der Waals surface area contributed by atoms with Gasteiger partial charge in [0, 0.05) is 9.84 Å². The van der Waals surface area contributed by atoms with Crippen LogP contribution in [0, 0.1) is 0 Å². The minimum atomic E-state index is -6.48. The first-order valence-corrected chi connectivity index (χ1v) is 8.49. The molecule has 0 bridgehead atoms. The first-order chi connectivity index (χ1) is 10.5. The third kappa shape index (κ3) is 2.91. The Morgan fingerprint density at radius 2 is 1.12 bits per heavy atom. The van der Waals surface area contributed by atoms with Crippen LogP contribution in [0.15, 0.2) is 0 Å². The SMILES string of the molecule is CCCCCCC(C)(I)CC1(F)C(F)(F)C(F)(F)C(F)(F)C1(F)F. The van der Waals surface area contributed by atoms with Crippen molar-refractivity contribution in [1.82, 2.24) is 0 Å². The first kappa shape index (κ1) is 22.1. The van der Waals surface area contributed by atoms with Crippen molar-refractivity contribution in [2.45, 2.75) is 85.2 Å². The largest absolute Gasteiger partial charge is 0.381 e. The number of rotatable bonds is 7. The van der Waals surface area contributed by atoms with Crippen LogP contribution in [0.3, 0.4) is 0 Å². The Balaban J connectivity index is 3.15. The van der Waals surface area contributed by atoms with Gasteiger partial charge in [-0.3, -0.25) is 0 Å². The molecule has 1 atom stereocenters. The molecule has 1 aliphatic rings. The summed E-state index contributed by atoms with van der Waals surface area (Å²) in [6.45, 7) is 2.99. The molecule has 0 aromatic carbocycles. The molecule has 144 valence electrons. The average Bonchev–Trinajstić information content (AvgIpc) is 2.45. The second-order valence-electron chi connectivity index (χ2n) is 6.50. The van der Waals surface area contributed by atoms with Crippen LogP contribution in [-0.2, 0) is 0 Å². The van der Waals surface area contributed by atoms with E-state index in [-0.39, 0.29) is 6.42 Å². The standard InChI is InChI=1S/C14H18F9I/c1-3-4-5-6-7-9(2,24)8-10(15)11(16,17)13(20,21)14(22,23)12(10,18)19/h3-8H2,1-2H3. The summed E-state index contributed by atoms with van der Waals surface area (Å²) < 4.78 is 120. The second-order valence-corrected chi connectivity index (χ2v) is 9.10. The van der Waals surface area contributed by atoms with Crippen molar-refractivity contribution in [1.29, 1.82) is 0 Å². The lowest BCUT2D eigenvalue weighted by molar-refractivity contribution is -0.303. The van der Waals surface area contributed by atoms with Gasteiger partial charge in [0.05, 0.1) is 0 Å². The summed E-state index contributed by atoms with van der Waals surface area (Å²) in [5, 5.41) is 0. The average molecular weight is 484 g/mol. The molecule has 1 saturated carbocycles. The summed E-state index contributed by atoms with van der Waals surface area (Å²) >= 11 is 1.39. The van der Waals surface area contributed by atoms with Gasteiger partial charge in [0.25, 0.3) is 5.67 Å². The van der Waals surface area contributed by atoms with Crippen LogP contribution >= 0.6 is 22.6 Å². The van der Waals surface area contributed by atoms with Crippen LogP contribution in [0.4, 0.5) is 39.5 Å². The number of unbranched alkanes of at least 4 members (excludes halogenated alkanes) is 3. The fourth-order valence-electron chi connectivity index (χ4n) is 2.83. The van der Waals surface area contributed by atoms with E-state index in [0.29, 0.717) is 12.8 Å². The molecule has 1 rings (SSSR count). The Morgan fingerprint density at radius 1 is 0.708 bits per heavy atom. The summed E-state index contributed by atoms with van der Waals surface area (Å²) in [5.74, 6) is -25.3. The van der Waals surface area contributed by atoms with E-state index in [1.54, 1.807) is 0 Å². The van der Waals surface area contributed by atoms with E-state index in [9.17, 15) is 39.5 Å². The fraction of sp³-hybridized carbons (Fsp3) is 1.00. The minimum Gasteiger partial charge on any atom is -0.230 e. The van der Waals surface area contributed by atoms with Crippen LogP contribution in [0.25, 0.3) is 0 Å². The monoisotopic (exact) mass is 484 g/mol. The van der Waals surface area contributed by atoms with Gasteiger partial charge in [-0.1, -0.05) is 62.1 Å². The van der Waals surface area contributed by atoms with Crippen molar-refractivity contribution >= 4 is 22.6 Å². The molecule has 0 aromatic rings. The Kier molecular flexibility index (Phi) is 5.87. The molecular formula is C14H18F9I. The van der Waals surface area contributed by atoms with Crippen molar-refractivity contribution in [3.05, 3.63) is 0 Å². The van der Waals surface area contributed by atoms with Gasteiger partial charge in [0.15, 0.2) is 0 Å². The molecule has 1 unspecified atom stereocenters. The smallest absolute Gasteiger partial charge is 0.230 e. The van der Waals surface area contributed by atoms with E-state index in [1.165, 1.54) is 22.6 Å². The number of halogens is 10. The zero-order valence-electron chi connectivity index (χ0n) is 13.0. The van der Waals surface area contributed by atoms with E-state index in [2.05, 4.69) is 0 Å². The first-order valence-electron chi connectivity index (χ1n) is 7.41. The fourth-order valence-corrected chi connectivity index (χ4v) is 3.73. The van der Waals surface area contributed by atoms with Crippen molar-refractivity contribution in [3.63, 3.8) is 0 Å². The topological polar surface area (TPSA) is 0 Å². The molecule has 0 amide bonds. The number of hydrogen-bond acceptors (Lipinski definition) is 0. The maximum Gasteiger partial charge on any atom is 0.381 e. The Labute approximate surface area is 147 Å². The number of alkyl halides is 10. The normalized spacial score (nSPS) is 28.5. The molecule has 1 fully saturated rings. The molecule has 0 radical (unpaired) electrons. The zero-order valence-corrected chi connectivity index (χ0v) is 15.2. The summed E-state index contributed by atoms with van der Waals surface area (Å²) in [5.41, 5.74) is -5.34. The molecule has 0 saturated heterocycles. The van der Waals surface area contributed by atoms with Crippen molar-refractivity contribution < 1.29 is 39.5 Å². The van der Waals surface area contributed by atoms with Crippen LogP contribution in [-0.4, -0.2) is 32.8 Å². The lowest BCUT2D eigenvalue weighted by Gasteiger charge is -2.36. The van der Waals surface area contributed by atoms with E-state index in [4.69, 9.17) is 0 Å². The van der Waals surface area contributed by atoms with Crippen molar-refractivity contribution in [2.75, 3.05) is 0 Å². The third-order valence-corrected chi connectivity index (χ3v) is 5.26. The number of hydrogen-bond donors (Lipinski definition) is 0. The molecule has 0 nitrogen and oxygen atoms in total. The van der Waals surface area contributed by atoms with Crippen LogP contribution in [0.5, 0.6) is 0 Å². The lowest BCUT2D eigenvalue weighted by atomic mass is 9.84. The Morgan fingerprint density at radius 3 is 1.50 bits per heavy atom. The Bertz CT molecular complexity index is 433. The summed E-state index contributed by atoms with van der Waals surface area (Å²) in [4.78, 5) is 0. The molecule has 0 N–H and O–H groups in total. The summed E-state index contributed by atoms with van der Waals surface area (Å²) in [7, 11) is 0. The highest BCUT2D eigenvalue weighted by atomic mass is 127. The molecule has 1 aliphatic carbocycles. The Hall–Kier alpha value is 0.1000. The maximum atomic E-state index is 14.5. The second kappa shape index (κ2) is 6.37. The molecule has 24 heavy (non-hydrogen) atoms. The zero-order chi connectivity index (χ0) is 19.2. The molecular weight excluding hydrogens is 466 g/mol. The van der Waals surface area contributed by atoms with E-state index in [0.717, 1.165) is 19.8 Å². The molecule has 10 heteroatoms. The predicted molar refractivity (Wildman–Crippen MR) is 79.4 cm³/mol. The highest BCUT2D eigenvalue weighted by molar-refractivity contribution is 14.1. The summed E-state index contributed by atoms with van der Waals surface area (Å²) in [6, 6.07) is 0. The highest BCUT2D eigenvalue weighted by Crippen LogP contribution is 2.71. The van der Waals surface area contributed by atoms with E-state index < -0.39 is 39.2 Å². The van der Waals surface area contributed by atoms with Gasteiger partial charge in [0.1, 0.15) is 0 Å². The third-order valence-electron chi connectivity index (χ3n) is 4.34. The van der Waals surface area contributed by atoms with Crippen LogP contribution < -0.4 is 0 Å². The lowest BCUT2D eigenvalue weighted by Crippen LogP contribution is -2.57. The molecule has 0 aromatic heterocycles. The van der Waals surface area contributed by atoms with Crippen molar-refractivity contribution in [3.8, 4) is 0 Å². The highest BCUT2D eigenvalue weighted by Gasteiger charge is 3.00. The summed E-state index contributed by atoms with van der Waals surface area (Å²) in [6.07, 6.45) is 0.691. The van der Waals surface area contributed by atoms with Gasteiger partial charge in [-0.15, -0.1) is 0 Å². The van der Waals surface area contributed by atoms with E-state index >= 15 is 0 Å². The van der Waals surface area contributed by atoms with Gasteiger partial charge < -0.3 is 0 Å². The minimum absolute atomic E-state index is 0.0392. The van der Waals surface area contributed by atoms with Gasteiger partial charge in [0.2, 0.25) is 0 Å². The van der Waals surface area contributed by atoms with Crippen LogP contribution in [0.2, 0.25) is 0 Å².